The molecule has 5 rings (SSSR count). The second-order valence-electron chi connectivity index (χ2n) is 8.56. The number of aromatic amines is 1. The third-order valence-electron chi connectivity index (χ3n) is 5.74. The highest BCUT2D eigenvalue weighted by Crippen LogP contribution is 2.25. The van der Waals surface area contributed by atoms with E-state index in [4.69, 9.17) is 10.8 Å². The van der Waals surface area contributed by atoms with Crippen LogP contribution in [0.4, 0.5) is 27.7 Å². The average Bonchev–Trinajstić information content (AvgIpc) is 3.54. The molecule has 0 fully saturated rings. The number of fused-ring (bicyclic) bond motifs is 1. The monoisotopic (exact) mass is 549 g/mol. The molecule has 0 atom stereocenters. The van der Waals surface area contributed by atoms with Crippen LogP contribution < -0.4 is 21.7 Å². The number of carbonyl (C=O) groups is 3. The van der Waals surface area contributed by atoms with Crippen LogP contribution in [0.2, 0.25) is 0 Å². The molecule has 0 spiro atoms. The van der Waals surface area contributed by atoms with Gasteiger partial charge in [0, 0.05) is 43.4 Å². The highest BCUT2D eigenvalue weighted by Gasteiger charge is 2.17. The van der Waals surface area contributed by atoms with Crippen molar-refractivity contribution in [2.75, 3.05) is 21.7 Å². The number of imidazole rings is 2. The lowest BCUT2D eigenvalue weighted by Gasteiger charge is -2.06. The fourth-order valence-electron chi connectivity index (χ4n) is 4.00. The Morgan fingerprint density at radius 3 is 2.21 bits per heavy atom. The Labute approximate surface area is 227 Å². The third kappa shape index (κ3) is 5.67. The Kier molecular flexibility index (Phi) is 7.27. The molecule has 0 saturated carbocycles. The van der Waals surface area contributed by atoms with E-state index in [2.05, 4.69) is 30.9 Å². The van der Waals surface area contributed by atoms with E-state index in [1.165, 1.54) is 10.8 Å². The van der Waals surface area contributed by atoms with Crippen molar-refractivity contribution in [1.29, 1.82) is 0 Å². The summed E-state index contributed by atoms with van der Waals surface area (Å²) in [7, 11) is 3.36. The van der Waals surface area contributed by atoms with Gasteiger partial charge in [0.1, 0.15) is 17.3 Å². The number of carboxylic acid groups (broad SMARTS) is 1. The summed E-state index contributed by atoms with van der Waals surface area (Å²) in [4.78, 5) is 48.0. The predicted molar refractivity (Wildman–Crippen MR) is 149 cm³/mol. The zero-order valence-electron chi connectivity index (χ0n) is 20.7. The second-order valence-corrected chi connectivity index (χ2v) is 8.56. The highest BCUT2D eigenvalue weighted by atomic mass is 35.5. The molecule has 2 aromatic carbocycles. The van der Waals surface area contributed by atoms with E-state index in [9.17, 15) is 14.4 Å². The number of nitrogens with one attached hydrogen (secondary N) is 4. The third-order valence-corrected chi connectivity index (χ3v) is 5.74. The number of nitrogens with zero attached hydrogens (tertiary/aromatic N) is 4. The normalized spacial score (nSPS) is 10.6. The first-order valence-corrected chi connectivity index (χ1v) is 11.3. The van der Waals surface area contributed by atoms with Gasteiger partial charge in [-0.25, -0.2) is 14.8 Å². The lowest BCUT2D eigenvalue weighted by Crippen LogP contribution is -2.16. The number of hydrogen-bond donors (Lipinski definition) is 6. The summed E-state index contributed by atoms with van der Waals surface area (Å²) in [5, 5.41) is 16.8. The summed E-state index contributed by atoms with van der Waals surface area (Å²) in [6, 6.07) is 13.7. The number of H-pyrrole nitrogens is 1. The molecule has 3 aromatic heterocycles. The number of aromatic nitrogens is 5. The molecule has 39 heavy (non-hydrogen) atoms. The minimum Gasteiger partial charge on any atom is -0.465 e. The summed E-state index contributed by atoms with van der Waals surface area (Å²) in [6.07, 6.45) is 2.02. The SMILES string of the molecule is Cl.Cn1cc(NC(=O)c2nc(N)cn2C)cc1C(=O)Nc1ccc(-c2nc3ccc(NC(=O)O)cc3[nH]2)cc1. The molecule has 7 N–H and O–H groups in total. The molecule has 3 amide bonds. The van der Waals surface area contributed by atoms with E-state index >= 15 is 0 Å². The Balaban J connectivity index is 0.00000353. The van der Waals surface area contributed by atoms with Crippen LogP contribution in [0.25, 0.3) is 22.4 Å². The molecule has 0 aliphatic heterocycles. The van der Waals surface area contributed by atoms with Gasteiger partial charge >= 0.3 is 6.09 Å². The van der Waals surface area contributed by atoms with Crippen molar-refractivity contribution >= 4 is 64.2 Å². The second kappa shape index (κ2) is 10.6. The zero-order chi connectivity index (χ0) is 27.0. The van der Waals surface area contributed by atoms with Gasteiger partial charge in [-0.15, -0.1) is 12.4 Å². The van der Waals surface area contributed by atoms with Crippen molar-refractivity contribution in [1.82, 2.24) is 24.1 Å². The molecule has 0 bridgehead atoms. The Hall–Kier alpha value is -5.30. The maximum atomic E-state index is 12.9. The highest BCUT2D eigenvalue weighted by molar-refractivity contribution is 6.06. The van der Waals surface area contributed by atoms with Gasteiger partial charge in [-0.2, -0.15) is 0 Å². The minimum absolute atomic E-state index is 0. The smallest absolute Gasteiger partial charge is 0.409 e. The van der Waals surface area contributed by atoms with E-state index in [-0.39, 0.29) is 30.0 Å². The Bertz CT molecular complexity index is 1700. The van der Waals surface area contributed by atoms with Crippen LogP contribution in [0.5, 0.6) is 0 Å². The van der Waals surface area contributed by atoms with Crippen molar-refractivity contribution < 1.29 is 19.5 Å². The topological polar surface area (TPSA) is 185 Å². The standard InChI is InChI=1S/C25H23N9O4.ClH/c1-33-11-16(28-24(36)22-32-20(26)12-34(22)2)10-19(33)23(35)27-14-5-3-13(4-6-14)21-30-17-8-7-15(29-25(37)38)9-18(17)31-21;/h3-12,29H,26H2,1-2H3,(H,27,35)(H,28,36)(H,30,31)(H,37,38);1H. The van der Waals surface area contributed by atoms with Crippen LogP contribution in [0.3, 0.4) is 0 Å². The molecule has 3 heterocycles. The van der Waals surface area contributed by atoms with E-state index in [0.29, 0.717) is 39.6 Å². The van der Waals surface area contributed by atoms with E-state index in [1.807, 2.05) is 0 Å². The molecular weight excluding hydrogens is 526 g/mol. The van der Waals surface area contributed by atoms with Gasteiger partial charge in [0.05, 0.1) is 16.7 Å². The van der Waals surface area contributed by atoms with Crippen LogP contribution in [-0.2, 0) is 14.1 Å². The van der Waals surface area contributed by atoms with Crippen molar-refractivity contribution in [2.24, 2.45) is 14.1 Å². The summed E-state index contributed by atoms with van der Waals surface area (Å²) < 4.78 is 3.12. The number of anilines is 4. The lowest BCUT2D eigenvalue weighted by atomic mass is 10.2. The van der Waals surface area contributed by atoms with Crippen molar-refractivity contribution in [3.63, 3.8) is 0 Å². The number of hydrogen-bond acceptors (Lipinski definition) is 6. The van der Waals surface area contributed by atoms with Crippen LogP contribution >= 0.6 is 12.4 Å². The van der Waals surface area contributed by atoms with Gasteiger partial charge in [0.25, 0.3) is 11.8 Å². The number of nitrogens with two attached hydrogens (primary N) is 1. The Morgan fingerprint density at radius 1 is 0.846 bits per heavy atom. The number of rotatable bonds is 6. The molecule has 200 valence electrons. The average molecular weight is 550 g/mol. The molecule has 0 saturated heterocycles. The van der Waals surface area contributed by atoms with Crippen molar-refractivity contribution in [2.45, 2.75) is 0 Å². The van der Waals surface area contributed by atoms with Crippen molar-refractivity contribution in [3.05, 3.63) is 72.4 Å². The maximum absolute atomic E-state index is 12.9. The molecule has 0 unspecified atom stereocenters. The zero-order valence-corrected chi connectivity index (χ0v) is 21.5. The first kappa shape index (κ1) is 26.8. The van der Waals surface area contributed by atoms with Crippen LogP contribution in [0, 0.1) is 0 Å². The minimum atomic E-state index is -1.15. The van der Waals surface area contributed by atoms with E-state index in [1.54, 1.807) is 73.4 Å². The fraction of sp³-hybridized carbons (Fsp3) is 0.0800. The molecule has 0 radical (unpaired) electrons. The number of carbonyl (C=O) groups excluding carboxylic acids is 2. The molecule has 0 aliphatic rings. The molecule has 5 aromatic rings. The molecular formula is C25H24ClN9O4. The summed E-state index contributed by atoms with van der Waals surface area (Å²) in [5.74, 6) is 0.183. The number of halogens is 1. The molecule has 13 nitrogen and oxygen atoms in total. The first-order valence-electron chi connectivity index (χ1n) is 11.3. The number of benzene rings is 2. The summed E-state index contributed by atoms with van der Waals surface area (Å²) in [6.45, 7) is 0. The summed E-state index contributed by atoms with van der Waals surface area (Å²) in [5.41, 5.74) is 9.57. The Morgan fingerprint density at radius 2 is 1.54 bits per heavy atom. The maximum Gasteiger partial charge on any atom is 0.409 e. The van der Waals surface area contributed by atoms with Crippen molar-refractivity contribution in [3.8, 4) is 11.4 Å². The fourth-order valence-corrected chi connectivity index (χ4v) is 4.00. The lowest BCUT2D eigenvalue weighted by molar-refractivity contribution is 0.100. The molecule has 14 heteroatoms. The van der Waals surface area contributed by atoms with E-state index < -0.39 is 12.0 Å². The largest absolute Gasteiger partial charge is 0.465 e. The van der Waals surface area contributed by atoms with Crippen LogP contribution in [-0.4, -0.2) is 47.1 Å². The van der Waals surface area contributed by atoms with Crippen LogP contribution in [0.1, 0.15) is 21.1 Å². The van der Waals surface area contributed by atoms with Gasteiger partial charge < -0.3 is 35.6 Å². The van der Waals surface area contributed by atoms with Gasteiger partial charge in [0.2, 0.25) is 5.82 Å². The van der Waals surface area contributed by atoms with Gasteiger partial charge in [-0.05, 0) is 48.5 Å². The van der Waals surface area contributed by atoms with E-state index in [0.717, 1.165) is 5.56 Å². The van der Waals surface area contributed by atoms with Gasteiger partial charge in [-0.1, -0.05) is 0 Å². The summed E-state index contributed by atoms with van der Waals surface area (Å²) >= 11 is 0. The number of nitrogen functional groups attached to an aromatic ring is 1. The van der Waals surface area contributed by atoms with Crippen LogP contribution in [0.15, 0.2) is 60.9 Å². The quantitative estimate of drug-likeness (QED) is 0.185. The number of amides is 3. The van der Waals surface area contributed by atoms with Gasteiger partial charge in [0.15, 0.2) is 0 Å². The molecule has 0 aliphatic carbocycles. The predicted octanol–water partition coefficient (Wildman–Crippen LogP) is 3.90. The number of aryl methyl sites for hydroxylation is 2. The first-order chi connectivity index (χ1) is 18.2. The van der Waals surface area contributed by atoms with Gasteiger partial charge in [-0.3, -0.25) is 14.9 Å².